The van der Waals surface area contributed by atoms with Crippen molar-refractivity contribution in [3.05, 3.63) is 24.3 Å². The van der Waals surface area contributed by atoms with Crippen molar-refractivity contribution < 1.29 is 19.1 Å². The molecule has 1 unspecified atom stereocenters. The van der Waals surface area contributed by atoms with Crippen LogP contribution in [0.2, 0.25) is 0 Å². The van der Waals surface area contributed by atoms with Gasteiger partial charge in [0.25, 0.3) is 5.91 Å². The van der Waals surface area contributed by atoms with Crippen LogP contribution in [0.4, 0.5) is 5.69 Å². The number of esters is 1. The van der Waals surface area contributed by atoms with Crippen LogP contribution in [0.1, 0.15) is 20.8 Å². The molecule has 0 fully saturated rings. The van der Waals surface area contributed by atoms with Gasteiger partial charge in [-0.05, 0) is 32.9 Å². The summed E-state index contributed by atoms with van der Waals surface area (Å²) in [5.74, 6) is -0.546. The molecule has 1 atom stereocenters. The predicted molar refractivity (Wildman–Crippen MR) is 88.5 cm³/mol. The van der Waals surface area contributed by atoms with Crippen LogP contribution in [-0.4, -0.2) is 37.8 Å². The smallest absolute Gasteiger partial charge is 0.314 e. The van der Waals surface area contributed by atoms with Gasteiger partial charge < -0.3 is 14.8 Å². The highest BCUT2D eigenvalue weighted by Gasteiger charge is 2.17. The molecule has 23 heavy (non-hydrogen) atoms. The van der Waals surface area contributed by atoms with Crippen LogP contribution >= 0.6 is 0 Å². The Balaban J connectivity index is 2.50. The number of anilines is 1. The number of methoxy groups -OCH3 is 1. The highest BCUT2D eigenvalue weighted by Crippen LogP contribution is 2.22. The summed E-state index contributed by atoms with van der Waals surface area (Å²) in [6.45, 7) is 5.42. The molecule has 126 valence electrons. The summed E-state index contributed by atoms with van der Waals surface area (Å²) < 4.78 is 10.1. The maximum Gasteiger partial charge on any atom is 0.314 e. The minimum atomic E-state index is -0.502. The number of carbonyl (C=O) groups is 2. The second-order valence-corrected chi connectivity index (χ2v) is 4.82. The van der Waals surface area contributed by atoms with E-state index in [0.29, 0.717) is 23.8 Å². The molecule has 0 saturated carbocycles. The lowest BCUT2D eigenvalue weighted by molar-refractivity contribution is -0.145. The second-order valence-electron chi connectivity index (χ2n) is 4.82. The quantitative estimate of drug-likeness (QED) is 0.433. The third-order valence-corrected chi connectivity index (χ3v) is 3.17. The van der Waals surface area contributed by atoms with Crippen molar-refractivity contribution >= 4 is 23.3 Å². The van der Waals surface area contributed by atoms with Crippen LogP contribution in [0.5, 0.6) is 5.75 Å². The third kappa shape index (κ3) is 5.98. The van der Waals surface area contributed by atoms with Gasteiger partial charge in [-0.15, -0.1) is 0 Å². The fraction of sp³-hybridized carbons (Fsp3) is 0.438. The molecule has 0 aliphatic rings. The molecular weight excluding hydrogens is 298 g/mol. The minimum Gasteiger partial charge on any atom is -0.495 e. The van der Waals surface area contributed by atoms with Crippen molar-refractivity contribution in [3.8, 4) is 5.75 Å². The molecule has 1 amide bonds. The van der Waals surface area contributed by atoms with E-state index in [0.717, 1.165) is 0 Å². The van der Waals surface area contributed by atoms with E-state index in [2.05, 4.69) is 15.8 Å². The number of hydrogen-bond acceptors (Lipinski definition) is 6. The van der Waals surface area contributed by atoms with Crippen LogP contribution < -0.4 is 15.5 Å². The second kappa shape index (κ2) is 9.45. The van der Waals surface area contributed by atoms with E-state index < -0.39 is 5.92 Å². The number of carbonyl (C=O) groups excluding carboxylic acids is 2. The van der Waals surface area contributed by atoms with E-state index in [1.807, 2.05) is 18.2 Å². The molecule has 0 heterocycles. The number of benzene rings is 1. The normalized spacial score (nSPS) is 12.3. The number of hydrazone groups is 1. The average Bonchev–Trinajstić information content (AvgIpc) is 2.57. The molecule has 0 spiro atoms. The minimum absolute atomic E-state index is 0.0327. The summed E-state index contributed by atoms with van der Waals surface area (Å²) in [5.41, 5.74) is 3.60. The Bertz CT molecular complexity index is 572. The van der Waals surface area contributed by atoms with E-state index in [-0.39, 0.29) is 18.4 Å². The maximum absolute atomic E-state index is 11.8. The van der Waals surface area contributed by atoms with E-state index in [1.165, 1.54) is 0 Å². The lowest BCUT2D eigenvalue weighted by Gasteiger charge is -2.11. The molecule has 7 heteroatoms. The molecule has 1 aromatic rings. The zero-order valence-corrected chi connectivity index (χ0v) is 13.9. The molecule has 0 aliphatic carbocycles. The summed E-state index contributed by atoms with van der Waals surface area (Å²) in [6.07, 6.45) is 0. The summed E-state index contributed by atoms with van der Waals surface area (Å²) >= 11 is 0. The van der Waals surface area contributed by atoms with Gasteiger partial charge in [0.15, 0.2) is 0 Å². The van der Waals surface area contributed by atoms with Gasteiger partial charge in [-0.3, -0.25) is 9.59 Å². The zero-order valence-electron chi connectivity index (χ0n) is 13.9. The highest BCUT2D eigenvalue weighted by atomic mass is 16.5. The van der Waals surface area contributed by atoms with Gasteiger partial charge in [0.1, 0.15) is 5.75 Å². The largest absolute Gasteiger partial charge is 0.495 e. The molecule has 0 aromatic heterocycles. The maximum atomic E-state index is 11.8. The number of amides is 1. The van der Waals surface area contributed by atoms with Gasteiger partial charge in [0.2, 0.25) is 0 Å². The Kier molecular flexibility index (Phi) is 7.59. The zero-order chi connectivity index (χ0) is 17.2. The first kappa shape index (κ1) is 18.5. The Morgan fingerprint density at radius 2 is 2.00 bits per heavy atom. The molecular formula is C16H23N3O4. The molecule has 1 aromatic carbocycles. The Morgan fingerprint density at radius 1 is 1.30 bits per heavy atom. The van der Waals surface area contributed by atoms with E-state index >= 15 is 0 Å². The number of ether oxygens (including phenoxy) is 2. The summed E-state index contributed by atoms with van der Waals surface area (Å²) in [6, 6.07) is 7.29. The molecule has 7 nitrogen and oxygen atoms in total. The van der Waals surface area contributed by atoms with Crippen molar-refractivity contribution in [3.63, 3.8) is 0 Å². The first-order chi connectivity index (χ1) is 11.0. The van der Waals surface area contributed by atoms with Crippen LogP contribution in [0.3, 0.4) is 0 Å². The third-order valence-electron chi connectivity index (χ3n) is 3.17. The average molecular weight is 321 g/mol. The standard InChI is InChI=1S/C16H23N3O4/c1-5-23-16(21)11(2)12(3)18-19-15(20)10-17-13-8-6-7-9-14(13)22-4/h6-9,11,17H,5,10H2,1-4H3,(H,19,20). The van der Waals surface area contributed by atoms with Gasteiger partial charge in [-0.25, -0.2) is 5.43 Å². The van der Waals surface area contributed by atoms with Gasteiger partial charge in [0, 0.05) is 5.71 Å². The Labute approximate surface area is 136 Å². The molecule has 1 rings (SSSR count). The number of para-hydroxylation sites is 2. The van der Waals surface area contributed by atoms with Gasteiger partial charge in [-0.2, -0.15) is 5.10 Å². The molecule has 0 aliphatic heterocycles. The number of nitrogens with zero attached hydrogens (tertiary/aromatic N) is 1. The molecule has 2 N–H and O–H groups in total. The first-order valence-electron chi connectivity index (χ1n) is 7.36. The molecule has 0 radical (unpaired) electrons. The van der Waals surface area contributed by atoms with Crippen LogP contribution in [0.15, 0.2) is 29.4 Å². The summed E-state index contributed by atoms with van der Waals surface area (Å²) in [5, 5.41) is 6.89. The van der Waals surface area contributed by atoms with Crippen LogP contribution in [-0.2, 0) is 14.3 Å². The fourth-order valence-electron chi connectivity index (χ4n) is 1.69. The van der Waals surface area contributed by atoms with Crippen molar-refractivity contribution in [1.29, 1.82) is 0 Å². The summed E-state index contributed by atoms with van der Waals surface area (Å²) in [4.78, 5) is 23.4. The highest BCUT2D eigenvalue weighted by molar-refractivity contribution is 6.00. The van der Waals surface area contributed by atoms with Gasteiger partial charge >= 0.3 is 5.97 Å². The van der Waals surface area contributed by atoms with Crippen LogP contribution in [0, 0.1) is 5.92 Å². The first-order valence-corrected chi connectivity index (χ1v) is 7.36. The molecule has 0 saturated heterocycles. The van der Waals surface area contributed by atoms with E-state index in [1.54, 1.807) is 33.9 Å². The Hall–Kier alpha value is -2.57. The van der Waals surface area contributed by atoms with Gasteiger partial charge in [-0.1, -0.05) is 12.1 Å². The number of nitrogens with one attached hydrogen (secondary N) is 2. The van der Waals surface area contributed by atoms with Crippen molar-refractivity contribution in [2.24, 2.45) is 11.0 Å². The number of hydrogen-bond donors (Lipinski definition) is 2. The van der Waals surface area contributed by atoms with E-state index in [4.69, 9.17) is 9.47 Å². The van der Waals surface area contributed by atoms with Gasteiger partial charge in [0.05, 0.1) is 31.9 Å². The van der Waals surface area contributed by atoms with E-state index in [9.17, 15) is 9.59 Å². The SMILES string of the molecule is CCOC(=O)C(C)C(C)=NNC(=O)CNc1ccccc1OC. The fourth-order valence-corrected chi connectivity index (χ4v) is 1.69. The Morgan fingerprint density at radius 3 is 2.65 bits per heavy atom. The van der Waals surface area contributed by atoms with Crippen molar-refractivity contribution in [2.45, 2.75) is 20.8 Å². The number of rotatable bonds is 8. The van der Waals surface area contributed by atoms with Crippen LogP contribution in [0.25, 0.3) is 0 Å². The van der Waals surface area contributed by atoms with Crippen molar-refractivity contribution in [1.82, 2.24) is 5.43 Å². The monoisotopic (exact) mass is 321 g/mol. The molecule has 0 bridgehead atoms. The van der Waals surface area contributed by atoms with Crippen molar-refractivity contribution in [2.75, 3.05) is 25.6 Å². The topological polar surface area (TPSA) is 89.0 Å². The lowest BCUT2D eigenvalue weighted by Crippen LogP contribution is -2.29. The summed E-state index contributed by atoms with van der Waals surface area (Å²) in [7, 11) is 1.56. The predicted octanol–water partition coefficient (Wildman–Crippen LogP) is 1.80. The lowest BCUT2D eigenvalue weighted by atomic mass is 10.1.